The first-order chi connectivity index (χ1) is 9.90. The van der Waals surface area contributed by atoms with Gasteiger partial charge < -0.3 is 9.84 Å². The number of aryl methyl sites for hydroxylation is 1. The van der Waals surface area contributed by atoms with Crippen LogP contribution in [0.5, 0.6) is 0 Å². The van der Waals surface area contributed by atoms with Crippen molar-refractivity contribution in [3.05, 3.63) is 51.1 Å². The van der Waals surface area contributed by atoms with Gasteiger partial charge in [-0.25, -0.2) is 4.39 Å². The molecule has 4 nitrogen and oxygen atoms in total. The smallest absolute Gasteiger partial charge is 0.257 e. The van der Waals surface area contributed by atoms with Crippen LogP contribution >= 0.6 is 15.9 Å². The van der Waals surface area contributed by atoms with Crippen LogP contribution in [0.1, 0.15) is 47.1 Å². The largest absolute Gasteiger partial charge is 0.360 e. The van der Waals surface area contributed by atoms with Gasteiger partial charge in [0.2, 0.25) is 0 Å². The lowest BCUT2D eigenvalue weighted by Gasteiger charge is -2.08. The van der Waals surface area contributed by atoms with Crippen LogP contribution in [0.4, 0.5) is 4.39 Å². The summed E-state index contributed by atoms with van der Waals surface area (Å²) in [5, 5.41) is 6.53. The number of carbonyl (C=O) groups is 1. The van der Waals surface area contributed by atoms with E-state index in [2.05, 4.69) is 26.4 Å². The van der Waals surface area contributed by atoms with Crippen molar-refractivity contribution in [2.45, 2.75) is 33.2 Å². The molecule has 1 amide bonds. The predicted molar refractivity (Wildman–Crippen MR) is 80.6 cm³/mol. The number of aromatic nitrogens is 1. The van der Waals surface area contributed by atoms with E-state index in [0.717, 1.165) is 4.47 Å². The van der Waals surface area contributed by atoms with Crippen LogP contribution < -0.4 is 5.32 Å². The van der Waals surface area contributed by atoms with Gasteiger partial charge in [-0.2, -0.15) is 0 Å². The summed E-state index contributed by atoms with van der Waals surface area (Å²) in [6.07, 6.45) is 0. The summed E-state index contributed by atoms with van der Waals surface area (Å²) in [5.41, 5.74) is 1.38. The van der Waals surface area contributed by atoms with Gasteiger partial charge in [0.05, 0.1) is 5.69 Å². The van der Waals surface area contributed by atoms with Crippen molar-refractivity contribution < 1.29 is 13.7 Å². The summed E-state index contributed by atoms with van der Waals surface area (Å²) in [7, 11) is 0. The minimum absolute atomic E-state index is 0.0505. The molecule has 0 unspecified atom stereocenters. The molecule has 2 aromatic rings. The molecule has 0 atom stereocenters. The minimum atomic E-state index is -0.357. The molecule has 0 fully saturated rings. The topological polar surface area (TPSA) is 55.1 Å². The standard InChI is InChI=1S/C15H16BrFN2O2/c1-8(2)14-13(9(3)19-21-14)15(20)18-7-10-6-11(16)4-5-12(10)17/h4-6,8H,7H2,1-3H3,(H,18,20). The van der Waals surface area contributed by atoms with Crippen LogP contribution in [0.3, 0.4) is 0 Å². The maximum atomic E-state index is 13.6. The molecule has 0 aliphatic heterocycles. The van der Waals surface area contributed by atoms with Crippen LogP contribution in [-0.4, -0.2) is 11.1 Å². The molecule has 1 aromatic heterocycles. The average molecular weight is 355 g/mol. The molecule has 0 aliphatic rings. The van der Waals surface area contributed by atoms with Gasteiger partial charge in [0, 0.05) is 22.5 Å². The van der Waals surface area contributed by atoms with Crippen LogP contribution in [0, 0.1) is 12.7 Å². The number of rotatable bonds is 4. The minimum Gasteiger partial charge on any atom is -0.360 e. The van der Waals surface area contributed by atoms with Crippen molar-refractivity contribution in [2.24, 2.45) is 0 Å². The van der Waals surface area contributed by atoms with Crippen LogP contribution in [-0.2, 0) is 6.54 Å². The number of hydrogen-bond acceptors (Lipinski definition) is 3. The van der Waals surface area contributed by atoms with Gasteiger partial charge in [0.15, 0.2) is 5.76 Å². The fraction of sp³-hybridized carbons (Fsp3) is 0.333. The van der Waals surface area contributed by atoms with Crippen molar-refractivity contribution in [1.82, 2.24) is 10.5 Å². The van der Waals surface area contributed by atoms with Gasteiger partial charge in [-0.3, -0.25) is 4.79 Å². The summed E-state index contributed by atoms with van der Waals surface area (Å²) in [4.78, 5) is 12.3. The predicted octanol–water partition coefficient (Wildman–Crippen LogP) is 3.94. The average Bonchev–Trinajstić information content (AvgIpc) is 2.81. The van der Waals surface area contributed by atoms with Gasteiger partial charge in [0.1, 0.15) is 11.4 Å². The lowest BCUT2D eigenvalue weighted by Crippen LogP contribution is -2.24. The molecule has 112 valence electrons. The number of amides is 1. The molecule has 6 heteroatoms. The highest BCUT2D eigenvalue weighted by Crippen LogP contribution is 2.22. The van der Waals surface area contributed by atoms with Gasteiger partial charge in [-0.15, -0.1) is 0 Å². The van der Waals surface area contributed by atoms with Gasteiger partial charge >= 0.3 is 0 Å². The highest BCUT2D eigenvalue weighted by atomic mass is 79.9. The van der Waals surface area contributed by atoms with Crippen molar-refractivity contribution in [3.8, 4) is 0 Å². The lowest BCUT2D eigenvalue weighted by molar-refractivity contribution is 0.0947. The van der Waals surface area contributed by atoms with E-state index in [9.17, 15) is 9.18 Å². The molecular formula is C15H16BrFN2O2. The fourth-order valence-corrected chi connectivity index (χ4v) is 2.41. The van der Waals surface area contributed by atoms with Gasteiger partial charge in [-0.05, 0) is 25.1 Å². The zero-order valence-electron chi connectivity index (χ0n) is 12.0. The highest BCUT2D eigenvalue weighted by molar-refractivity contribution is 9.10. The maximum Gasteiger partial charge on any atom is 0.257 e. The van der Waals surface area contributed by atoms with E-state index in [-0.39, 0.29) is 24.2 Å². The quantitative estimate of drug-likeness (QED) is 0.904. The van der Waals surface area contributed by atoms with Gasteiger partial charge in [0.25, 0.3) is 5.91 Å². The number of nitrogens with one attached hydrogen (secondary N) is 1. The molecular weight excluding hydrogens is 339 g/mol. The fourth-order valence-electron chi connectivity index (χ4n) is 2.00. The molecule has 21 heavy (non-hydrogen) atoms. The van der Waals surface area contributed by atoms with Crippen molar-refractivity contribution in [2.75, 3.05) is 0 Å². The van der Waals surface area contributed by atoms with E-state index in [1.54, 1.807) is 19.1 Å². The van der Waals surface area contributed by atoms with E-state index in [0.29, 0.717) is 22.6 Å². The van der Waals surface area contributed by atoms with Crippen molar-refractivity contribution >= 4 is 21.8 Å². The van der Waals surface area contributed by atoms with E-state index in [1.165, 1.54) is 6.07 Å². The summed E-state index contributed by atoms with van der Waals surface area (Å²) in [5.74, 6) is -0.0734. The number of benzene rings is 1. The van der Waals surface area contributed by atoms with Crippen molar-refractivity contribution in [1.29, 1.82) is 0 Å². The van der Waals surface area contributed by atoms with Crippen LogP contribution in [0.25, 0.3) is 0 Å². The molecule has 1 aromatic carbocycles. The second kappa shape index (κ2) is 6.39. The second-order valence-corrected chi connectivity index (χ2v) is 6.00. The molecule has 0 aliphatic carbocycles. The summed E-state index contributed by atoms with van der Waals surface area (Å²) in [6.45, 7) is 5.66. The molecule has 0 bridgehead atoms. The Labute approximate surface area is 130 Å². The Morgan fingerprint density at radius 3 is 2.86 bits per heavy atom. The molecule has 0 spiro atoms. The number of nitrogens with zero attached hydrogens (tertiary/aromatic N) is 1. The van der Waals surface area contributed by atoms with Crippen molar-refractivity contribution in [3.63, 3.8) is 0 Å². The Balaban J connectivity index is 2.16. The lowest BCUT2D eigenvalue weighted by atomic mass is 10.0. The molecule has 2 rings (SSSR count). The highest BCUT2D eigenvalue weighted by Gasteiger charge is 2.22. The monoisotopic (exact) mass is 354 g/mol. The second-order valence-electron chi connectivity index (χ2n) is 5.08. The molecule has 0 radical (unpaired) electrons. The van der Waals surface area contributed by atoms with E-state index < -0.39 is 0 Å². The first kappa shape index (κ1) is 15.7. The SMILES string of the molecule is Cc1noc(C(C)C)c1C(=O)NCc1cc(Br)ccc1F. The molecule has 0 saturated carbocycles. The Bertz CT molecular complexity index is 668. The summed E-state index contributed by atoms with van der Waals surface area (Å²) >= 11 is 3.28. The normalized spacial score (nSPS) is 11.0. The first-order valence-electron chi connectivity index (χ1n) is 6.58. The number of hydrogen-bond donors (Lipinski definition) is 1. The van der Waals surface area contributed by atoms with Gasteiger partial charge in [-0.1, -0.05) is 34.9 Å². The Morgan fingerprint density at radius 1 is 1.48 bits per heavy atom. The zero-order chi connectivity index (χ0) is 15.6. The molecule has 1 N–H and O–H groups in total. The number of halogens is 2. The Hall–Kier alpha value is -1.69. The van der Waals surface area contributed by atoms with Crippen LogP contribution in [0.15, 0.2) is 27.2 Å². The van der Waals surface area contributed by atoms with E-state index >= 15 is 0 Å². The first-order valence-corrected chi connectivity index (χ1v) is 7.37. The van der Waals surface area contributed by atoms with Crippen LogP contribution in [0.2, 0.25) is 0 Å². The molecule has 1 heterocycles. The maximum absolute atomic E-state index is 13.6. The Kier molecular flexibility index (Phi) is 4.77. The summed E-state index contributed by atoms with van der Waals surface area (Å²) < 4.78 is 19.6. The van der Waals surface area contributed by atoms with E-state index in [4.69, 9.17) is 4.52 Å². The summed E-state index contributed by atoms with van der Waals surface area (Å²) in [6, 6.07) is 4.61. The van der Waals surface area contributed by atoms with E-state index in [1.807, 2.05) is 13.8 Å². The third kappa shape index (κ3) is 3.50. The Morgan fingerprint density at radius 2 is 2.19 bits per heavy atom. The molecule has 0 saturated heterocycles. The zero-order valence-corrected chi connectivity index (χ0v) is 13.6. The third-order valence-corrected chi connectivity index (χ3v) is 3.58. The third-order valence-electron chi connectivity index (χ3n) is 3.09. The number of carbonyl (C=O) groups excluding carboxylic acids is 1.